The molecule has 1 aromatic carbocycles. The summed E-state index contributed by atoms with van der Waals surface area (Å²) in [5.74, 6) is 0.202. The number of nitrogens with zero attached hydrogens (tertiary/aromatic N) is 2. The van der Waals surface area contributed by atoms with Crippen LogP contribution in [0.15, 0.2) is 30.3 Å². The first-order chi connectivity index (χ1) is 7.88. The van der Waals surface area contributed by atoms with Gasteiger partial charge in [-0.3, -0.25) is 0 Å². The minimum absolute atomic E-state index is 0.202. The van der Waals surface area contributed by atoms with Crippen LogP contribution in [0.25, 0.3) is 11.3 Å². The first-order valence-electron chi connectivity index (χ1n) is 5.74. The number of hydrogen-bond donors (Lipinski definition) is 1. The van der Waals surface area contributed by atoms with Gasteiger partial charge in [0.2, 0.25) is 5.88 Å². The topological polar surface area (TPSA) is 38.0 Å². The molecule has 17 heavy (non-hydrogen) atoms. The zero-order valence-electron chi connectivity index (χ0n) is 10.7. The van der Waals surface area contributed by atoms with Gasteiger partial charge in [-0.2, -0.15) is 5.10 Å². The maximum absolute atomic E-state index is 9.88. The van der Waals surface area contributed by atoms with Gasteiger partial charge in [0.1, 0.15) is 0 Å². The first-order valence-corrected chi connectivity index (χ1v) is 5.74. The molecule has 0 fully saturated rings. The van der Waals surface area contributed by atoms with Crippen molar-refractivity contribution in [3.63, 3.8) is 0 Å². The van der Waals surface area contributed by atoms with Gasteiger partial charge in [0.05, 0.1) is 11.2 Å². The van der Waals surface area contributed by atoms with Crippen molar-refractivity contribution in [1.82, 2.24) is 9.78 Å². The molecule has 0 amide bonds. The molecule has 0 radical (unpaired) electrons. The third kappa shape index (κ3) is 2.33. The summed E-state index contributed by atoms with van der Waals surface area (Å²) < 4.78 is 1.64. The zero-order chi connectivity index (χ0) is 12.6. The van der Waals surface area contributed by atoms with Gasteiger partial charge in [0, 0.05) is 11.6 Å². The zero-order valence-corrected chi connectivity index (χ0v) is 10.7. The van der Waals surface area contributed by atoms with Crippen LogP contribution in [0.5, 0.6) is 5.88 Å². The van der Waals surface area contributed by atoms with E-state index in [0.717, 1.165) is 11.3 Å². The van der Waals surface area contributed by atoms with E-state index in [1.807, 2.05) is 45.0 Å². The van der Waals surface area contributed by atoms with E-state index >= 15 is 0 Å². The SMILES string of the molecule is Cc1ccc(-c2cc(O)n(C(C)(C)C)n2)cc1. The highest BCUT2D eigenvalue weighted by Crippen LogP contribution is 2.27. The van der Waals surface area contributed by atoms with Crippen LogP contribution in [-0.4, -0.2) is 14.9 Å². The molecule has 0 spiro atoms. The van der Waals surface area contributed by atoms with Crippen molar-refractivity contribution in [2.45, 2.75) is 33.2 Å². The molecular weight excluding hydrogens is 212 g/mol. The molecule has 1 aromatic heterocycles. The van der Waals surface area contributed by atoms with Crippen LogP contribution in [-0.2, 0) is 5.54 Å². The van der Waals surface area contributed by atoms with Crippen LogP contribution in [0.2, 0.25) is 0 Å². The van der Waals surface area contributed by atoms with E-state index in [-0.39, 0.29) is 11.4 Å². The lowest BCUT2D eigenvalue weighted by Crippen LogP contribution is -2.22. The Hall–Kier alpha value is -1.77. The van der Waals surface area contributed by atoms with Crippen molar-refractivity contribution >= 4 is 0 Å². The molecule has 0 saturated carbocycles. The average Bonchev–Trinajstić information content (AvgIpc) is 2.61. The summed E-state index contributed by atoms with van der Waals surface area (Å²) in [5, 5.41) is 14.3. The Morgan fingerprint density at radius 3 is 2.18 bits per heavy atom. The quantitative estimate of drug-likeness (QED) is 0.816. The van der Waals surface area contributed by atoms with Crippen molar-refractivity contribution in [2.75, 3.05) is 0 Å². The predicted octanol–water partition coefficient (Wildman–Crippen LogP) is 3.32. The minimum atomic E-state index is -0.215. The maximum atomic E-state index is 9.88. The summed E-state index contributed by atoms with van der Waals surface area (Å²) in [6.07, 6.45) is 0. The van der Waals surface area contributed by atoms with Gasteiger partial charge < -0.3 is 5.11 Å². The van der Waals surface area contributed by atoms with E-state index in [9.17, 15) is 5.11 Å². The van der Waals surface area contributed by atoms with E-state index in [2.05, 4.69) is 12.0 Å². The highest BCUT2D eigenvalue weighted by molar-refractivity contribution is 5.60. The minimum Gasteiger partial charge on any atom is -0.493 e. The standard InChI is InChI=1S/C14H18N2O/c1-10-5-7-11(8-6-10)12-9-13(17)16(15-12)14(2,3)4/h5-9,17H,1-4H3. The molecule has 0 aliphatic carbocycles. The van der Waals surface area contributed by atoms with E-state index in [1.165, 1.54) is 5.56 Å². The Morgan fingerprint density at radius 1 is 1.12 bits per heavy atom. The van der Waals surface area contributed by atoms with Crippen molar-refractivity contribution in [3.05, 3.63) is 35.9 Å². The molecule has 1 heterocycles. The molecule has 0 aliphatic heterocycles. The van der Waals surface area contributed by atoms with Gasteiger partial charge >= 0.3 is 0 Å². The fourth-order valence-corrected chi connectivity index (χ4v) is 1.73. The molecule has 0 atom stereocenters. The predicted molar refractivity (Wildman–Crippen MR) is 69.1 cm³/mol. The van der Waals surface area contributed by atoms with E-state index in [0.29, 0.717) is 0 Å². The summed E-state index contributed by atoms with van der Waals surface area (Å²) in [6, 6.07) is 9.83. The molecule has 90 valence electrons. The van der Waals surface area contributed by atoms with Crippen LogP contribution < -0.4 is 0 Å². The molecule has 3 nitrogen and oxygen atoms in total. The fourth-order valence-electron chi connectivity index (χ4n) is 1.73. The van der Waals surface area contributed by atoms with Gasteiger partial charge in [0.15, 0.2) is 0 Å². The maximum Gasteiger partial charge on any atom is 0.210 e. The fraction of sp³-hybridized carbons (Fsp3) is 0.357. The van der Waals surface area contributed by atoms with E-state index in [1.54, 1.807) is 10.7 Å². The summed E-state index contributed by atoms with van der Waals surface area (Å²) in [5.41, 5.74) is 2.83. The van der Waals surface area contributed by atoms with Crippen molar-refractivity contribution in [3.8, 4) is 17.1 Å². The summed E-state index contributed by atoms with van der Waals surface area (Å²) in [6.45, 7) is 8.09. The Kier molecular flexibility index (Phi) is 2.69. The van der Waals surface area contributed by atoms with Crippen molar-refractivity contribution in [2.24, 2.45) is 0 Å². The number of aromatic nitrogens is 2. The molecule has 2 aromatic rings. The second kappa shape index (κ2) is 3.91. The van der Waals surface area contributed by atoms with Gasteiger partial charge in [-0.25, -0.2) is 4.68 Å². The lowest BCUT2D eigenvalue weighted by Gasteiger charge is -2.19. The van der Waals surface area contributed by atoms with Crippen molar-refractivity contribution in [1.29, 1.82) is 0 Å². The van der Waals surface area contributed by atoms with Crippen LogP contribution >= 0.6 is 0 Å². The van der Waals surface area contributed by atoms with Gasteiger partial charge in [0.25, 0.3) is 0 Å². The molecule has 2 rings (SSSR count). The molecular formula is C14H18N2O. The Bertz CT molecular complexity index is 518. The Balaban J connectivity index is 2.45. The molecule has 1 N–H and O–H groups in total. The van der Waals surface area contributed by atoms with Crippen LogP contribution in [0.4, 0.5) is 0 Å². The highest BCUT2D eigenvalue weighted by atomic mass is 16.3. The Labute approximate surface area is 102 Å². The number of aryl methyl sites for hydroxylation is 1. The van der Waals surface area contributed by atoms with Crippen molar-refractivity contribution < 1.29 is 5.11 Å². The number of hydrogen-bond acceptors (Lipinski definition) is 2. The molecule has 0 unspecified atom stereocenters. The molecule has 3 heteroatoms. The van der Waals surface area contributed by atoms with Crippen LogP contribution in [0, 0.1) is 6.92 Å². The van der Waals surface area contributed by atoms with E-state index < -0.39 is 0 Å². The number of aromatic hydroxyl groups is 1. The third-order valence-corrected chi connectivity index (χ3v) is 2.67. The largest absolute Gasteiger partial charge is 0.493 e. The van der Waals surface area contributed by atoms with Crippen LogP contribution in [0.3, 0.4) is 0 Å². The second-order valence-electron chi connectivity index (χ2n) is 5.34. The highest BCUT2D eigenvalue weighted by Gasteiger charge is 2.19. The normalized spacial score (nSPS) is 11.8. The lowest BCUT2D eigenvalue weighted by atomic mass is 10.1. The third-order valence-electron chi connectivity index (χ3n) is 2.67. The first kappa shape index (κ1) is 11.7. The smallest absolute Gasteiger partial charge is 0.210 e. The van der Waals surface area contributed by atoms with Crippen LogP contribution in [0.1, 0.15) is 26.3 Å². The van der Waals surface area contributed by atoms with Gasteiger partial charge in [-0.05, 0) is 27.7 Å². The second-order valence-corrected chi connectivity index (χ2v) is 5.34. The summed E-state index contributed by atoms with van der Waals surface area (Å²) >= 11 is 0. The van der Waals surface area contributed by atoms with Gasteiger partial charge in [-0.1, -0.05) is 29.8 Å². The average molecular weight is 230 g/mol. The Morgan fingerprint density at radius 2 is 1.71 bits per heavy atom. The van der Waals surface area contributed by atoms with E-state index in [4.69, 9.17) is 0 Å². The molecule has 0 aliphatic rings. The number of benzene rings is 1. The number of rotatable bonds is 1. The lowest BCUT2D eigenvalue weighted by molar-refractivity contribution is 0.295. The molecule has 0 saturated heterocycles. The molecule has 0 bridgehead atoms. The summed E-state index contributed by atoms with van der Waals surface area (Å²) in [4.78, 5) is 0. The monoisotopic (exact) mass is 230 g/mol. The van der Waals surface area contributed by atoms with Gasteiger partial charge in [-0.15, -0.1) is 0 Å². The summed E-state index contributed by atoms with van der Waals surface area (Å²) in [7, 11) is 0.